The van der Waals surface area contributed by atoms with Crippen molar-refractivity contribution in [1.82, 2.24) is 5.32 Å². The lowest BCUT2D eigenvalue weighted by Crippen LogP contribution is -2.22. The largest absolute Gasteiger partial charge is 0.496 e. The van der Waals surface area contributed by atoms with E-state index < -0.39 is 0 Å². The van der Waals surface area contributed by atoms with Gasteiger partial charge in [-0.15, -0.1) is 11.3 Å². The Labute approximate surface area is 131 Å². The molecule has 106 valence electrons. The monoisotopic (exact) mass is 353 g/mol. The van der Waals surface area contributed by atoms with E-state index >= 15 is 0 Å². The second-order valence-electron chi connectivity index (χ2n) is 4.32. The lowest BCUT2D eigenvalue weighted by atomic mass is 10.1. The third kappa shape index (κ3) is 4.35. The number of methoxy groups -OCH3 is 1. The molecule has 1 N–H and O–H groups in total. The summed E-state index contributed by atoms with van der Waals surface area (Å²) in [6.07, 6.45) is 1.21. The average Bonchev–Trinajstić information content (AvgIpc) is 2.96. The van der Waals surface area contributed by atoms with E-state index in [0.29, 0.717) is 13.0 Å². The van der Waals surface area contributed by atoms with E-state index in [0.717, 1.165) is 22.2 Å². The van der Waals surface area contributed by atoms with Gasteiger partial charge < -0.3 is 10.1 Å². The summed E-state index contributed by atoms with van der Waals surface area (Å²) in [4.78, 5) is 12.9. The van der Waals surface area contributed by atoms with Crippen molar-refractivity contribution >= 4 is 33.2 Å². The Kier molecular flexibility index (Phi) is 5.61. The maximum atomic E-state index is 11.8. The molecule has 0 saturated heterocycles. The van der Waals surface area contributed by atoms with E-state index in [1.165, 1.54) is 4.88 Å². The number of carbonyl (C=O) groups is 1. The Hall–Kier alpha value is -1.33. The van der Waals surface area contributed by atoms with Crippen molar-refractivity contribution < 1.29 is 9.53 Å². The first kappa shape index (κ1) is 15.1. The molecule has 1 heterocycles. The first-order valence-electron chi connectivity index (χ1n) is 6.30. The molecule has 0 aliphatic rings. The Balaban J connectivity index is 1.79. The molecule has 0 radical (unpaired) electrons. The molecule has 5 heteroatoms. The number of nitrogens with one attached hydrogen (secondary N) is 1. The number of amides is 1. The molecule has 0 fully saturated rings. The summed E-state index contributed by atoms with van der Waals surface area (Å²) in [5.74, 6) is 0.876. The molecule has 0 aliphatic carbocycles. The van der Waals surface area contributed by atoms with Crippen molar-refractivity contribution in [1.29, 1.82) is 0 Å². The van der Waals surface area contributed by atoms with Crippen LogP contribution in [0.25, 0.3) is 0 Å². The molecule has 0 spiro atoms. The van der Waals surface area contributed by atoms with Crippen LogP contribution in [0.3, 0.4) is 0 Å². The molecule has 2 aromatic rings. The zero-order valence-electron chi connectivity index (χ0n) is 11.2. The van der Waals surface area contributed by atoms with Crippen molar-refractivity contribution in [3.63, 3.8) is 0 Å². The summed E-state index contributed by atoms with van der Waals surface area (Å²) in [6.45, 7) is 0.614. The molecule has 0 aliphatic heterocycles. The average molecular weight is 354 g/mol. The minimum absolute atomic E-state index is 0.0744. The van der Waals surface area contributed by atoms with Gasteiger partial charge in [0, 0.05) is 11.3 Å². The van der Waals surface area contributed by atoms with Gasteiger partial charge in [-0.25, -0.2) is 0 Å². The molecule has 0 unspecified atom stereocenters. The number of benzene rings is 1. The van der Waals surface area contributed by atoms with Crippen molar-refractivity contribution in [2.75, 3.05) is 7.11 Å². The predicted octanol–water partition coefficient (Wildman–Crippen LogP) is 3.77. The summed E-state index contributed by atoms with van der Waals surface area (Å²) in [7, 11) is 1.64. The fourth-order valence-corrected chi connectivity index (χ4v) is 3.04. The van der Waals surface area contributed by atoms with Crippen LogP contribution in [0.2, 0.25) is 0 Å². The Morgan fingerprint density at radius 1 is 1.40 bits per heavy atom. The summed E-state index contributed by atoms with van der Waals surface area (Å²) >= 11 is 5.10. The molecule has 1 aromatic carbocycles. The predicted molar refractivity (Wildman–Crippen MR) is 85.2 cm³/mol. The maximum absolute atomic E-state index is 11.8. The number of thiophene rings is 1. The van der Waals surface area contributed by atoms with Crippen LogP contribution in [0, 0.1) is 0 Å². The SMILES string of the molecule is COc1ccc(CCC(=O)NCc2cccs2)cc1Br. The fourth-order valence-electron chi connectivity index (χ4n) is 1.81. The van der Waals surface area contributed by atoms with Crippen molar-refractivity contribution in [3.8, 4) is 5.75 Å². The maximum Gasteiger partial charge on any atom is 0.220 e. The third-order valence-electron chi connectivity index (χ3n) is 2.90. The standard InChI is InChI=1S/C15H16BrNO2S/c1-19-14-6-4-11(9-13(14)16)5-7-15(18)17-10-12-3-2-8-20-12/h2-4,6,8-9H,5,7,10H2,1H3,(H,17,18). The van der Waals surface area contributed by atoms with Gasteiger partial charge in [0.05, 0.1) is 18.1 Å². The summed E-state index contributed by atoms with van der Waals surface area (Å²) < 4.78 is 6.09. The molecule has 1 aromatic heterocycles. The summed E-state index contributed by atoms with van der Waals surface area (Å²) in [5.41, 5.74) is 1.11. The van der Waals surface area contributed by atoms with E-state index in [-0.39, 0.29) is 5.91 Å². The fraction of sp³-hybridized carbons (Fsp3) is 0.267. The summed E-state index contributed by atoms with van der Waals surface area (Å²) in [5, 5.41) is 4.94. The van der Waals surface area contributed by atoms with Gasteiger partial charge in [0.1, 0.15) is 5.75 Å². The first-order chi connectivity index (χ1) is 9.69. The van der Waals surface area contributed by atoms with Gasteiger partial charge in [-0.3, -0.25) is 4.79 Å². The number of halogens is 1. The molecule has 0 atom stereocenters. The van der Waals surface area contributed by atoms with Crippen LogP contribution in [-0.4, -0.2) is 13.0 Å². The van der Waals surface area contributed by atoms with Crippen LogP contribution in [-0.2, 0) is 17.8 Å². The highest BCUT2D eigenvalue weighted by molar-refractivity contribution is 9.10. The van der Waals surface area contributed by atoms with E-state index in [2.05, 4.69) is 21.2 Å². The second-order valence-corrected chi connectivity index (χ2v) is 6.21. The van der Waals surface area contributed by atoms with Crippen LogP contribution in [0.4, 0.5) is 0 Å². The van der Waals surface area contributed by atoms with Crippen LogP contribution >= 0.6 is 27.3 Å². The van der Waals surface area contributed by atoms with Crippen LogP contribution < -0.4 is 10.1 Å². The minimum Gasteiger partial charge on any atom is -0.496 e. The molecule has 2 rings (SSSR count). The van der Waals surface area contributed by atoms with E-state index in [1.54, 1.807) is 18.4 Å². The van der Waals surface area contributed by atoms with Gasteiger partial charge in [0.2, 0.25) is 5.91 Å². The molecule has 1 amide bonds. The minimum atomic E-state index is 0.0744. The number of aryl methyl sites for hydroxylation is 1. The lowest BCUT2D eigenvalue weighted by molar-refractivity contribution is -0.121. The van der Waals surface area contributed by atoms with Crippen LogP contribution in [0.5, 0.6) is 5.75 Å². The second kappa shape index (κ2) is 7.45. The van der Waals surface area contributed by atoms with E-state index in [9.17, 15) is 4.79 Å². The topological polar surface area (TPSA) is 38.3 Å². The van der Waals surface area contributed by atoms with Gasteiger partial charge in [0.15, 0.2) is 0 Å². The van der Waals surface area contributed by atoms with Crippen LogP contribution in [0.15, 0.2) is 40.2 Å². The normalized spacial score (nSPS) is 10.3. The Bertz CT molecular complexity index is 569. The molecular weight excluding hydrogens is 338 g/mol. The quantitative estimate of drug-likeness (QED) is 0.858. The number of hydrogen-bond acceptors (Lipinski definition) is 3. The number of hydrogen-bond donors (Lipinski definition) is 1. The smallest absolute Gasteiger partial charge is 0.220 e. The number of carbonyl (C=O) groups excluding carboxylic acids is 1. The number of ether oxygens (including phenoxy) is 1. The Morgan fingerprint density at radius 3 is 2.90 bits per heavy atom. The highest BCUT2D eigenvalue weighted by Crippen LogP contribution is 2.25. The highest BCUT2D eigenvalue weighted by Gasteiger charge is 2.05. The zero-order chi connectivity index (χ0) is 14.4. The molecule has 0 bridgehead atoms. The van der Waals surface area contributed by atoms with E-state index in [4.69, 9.17) is 4.74 Å². The Morgan fingerprint density at radius 2 is 2.25 bits per heavy atom. The summed E-state index contributed by atoms with van der Waals surface area (Å²) in [6, 6.07) is 9.89. The van der Waals surface area contributed by atoms with Crippen molar-refractivity contribution in [3.05, 3.63) is 50.6 Å². The van der Waals surface area contributed by atoms with Gasteiger partial charge >= 0.3 is 0 Å². The van der Waals surface area contributed by atoms with E-state index in [1.807, 2.05) is 35.7 Å². The van der Waals surface area contributed by atoms with Crippen molar-refractivity contribution in [2.24, 2.45) is 0 Å². The van der Waals surface area contributed by atoms with Crippen LogP contribution in [0.1, 0.15) is 16.9 Å². The first-order valence-corrected chi connectivity index (χ1v) is 7.98. The van der Waals surface area contributed by atoms with Gasteiger partial charge in [-0.2, -0.15) is 0 Å². The molecule has 20 heavy (non-hydrogen) atoms. The zero-order valence-corrected chi connectivity index (χ0v) is 13.6. The van der Waals surface area contributed by atoms with Gasteiger partial charge in [-0.05, 0) is 51.5 Å². The third-order valence-corrected chi connectivity index (χ3v) is 4.39. The molecular formula is C15H16BrNO2S. The van der Waals surface area contributed by atoms with Gasteiger partial charge in [0.25, 0.3) is 0 Å². The highest BCUT2D eigenvalue weighted by atomic mass is 79.9. The number of rotatable bonds is 6. The molecule has 0 saturated carbocycles. The van der Waals surface area contributed by atoms with Gasteiger partial charge in [-0.1, -0.05) is 12.1 Å². The molecule has 3 nitrogen and oxygen atoms in total. The lowest BCUT2D eigenvalue weighted by Gasteiger charge is -2.07. The van der Waals surface area contributed by atoms with Crippen molar-refractivity contribution in [2.45, 2.75) is 19.4 Å².